The molecule has 0 aliphatic heterocycles. The van der Waals surface area contributed by atoms with Crippen LogP contribution in [-0.2, 0) is 0 Å². The molecular weight excluding hydrogens is 324 g/mol. The lowest BCUT2D eigenvalue weighted by atomic mass is 9.98. The summed E-state index contributed by atoms with van der Waals surface area (Å²) in [5.74, 6) is -0.918. The number of carboxylic acid groups (broad SMARTS) is 1. The van der Waals surface area contributed by atoms with Gasteiger partial charge in [0.25, 0.3) is 0 Å². The Morgan fingerprint density at radius 2 is 1.69 bits per heavy atom. The fourth-order valence-corrected chi connectivity index (χ4v) is 3.40. The number of hydrogen-bond donors (Lipinski definition) is 1. The van der Waals surface area contributed by atoms with Crippen LogP contribution < -0.4 is 4.90 Å². The van der Waals surface area contributed by atoms with Gasteiger partial charge in [0.15, 0.2) is 0 Å². The second kappa shape index (κ2) is 7.16. The van der Waals surface area contributed by atoms with Gasteiger partial charge in [0.05, 0.1) is 22.5 Å². The van der Waals surface area contributed by atoms with Crippen molar-refractivity contribution in [3.63, 3.8) is 0 Å². The molecule has 4 nitrogen and oxygen atoms in total. The van der Waals surface area contributed by atoms with Gasteiger partial charge in [0, 0.05) is 24.0 Å². The highest BCUT2D eigenvalue weighted by atomic mass is 16.4. The Balaban J connectivity index is 2.48. The van der Waals surface area contributed by atoms with Crippen molar-refractivity contribution < 1.29 is 9.90 Å². The van der Waals surface area contributed by atoms with Crippen molar-refractivity contribution in [2.45, 2.75) is 27.7 Å². The minimum Gasteiger partial charge on any atom is -0.478 e. The van der Waals surface area contributed by atoms with Crippen molar-refractivity contribution in [3.8, 4) is 11.3 Å². The zero-order valence-electron chi connectivity index (χ0n) is 15.7. The minimum atomic E-state index is -0.918. The molecule has 0 aliphatic rings. The van der Waals surface area contributed by atoms with Crippen LogP contribution in [-0.4, -0.2) is 29.1 Å². The van der Waals surface area contributed by atoms with Crippen molar-refractivity contribution in [1.29, 1.82) is 0 Å². The topological polar surface area (TPSA) is 53.4 Å². The predicted octanol–water partition coefficient (Wildman–Crippen LogP) is 5.06. The number of fused-ring (bicyclic) bond motifs is 1. The SMILES string of the molecule is CCN(CC)c1c(-c2ccc(C)cc2)nc2c(C)cccc2c1C(=O)O. The summed E-state index contributed by atoms with van der Waals surface area (Å²) in [5.41, 5.74) is 5.58. The highest BCUT2D eigenvalue weighted by molar-refractivity contribution is 6.11. The van der Waals surface area contributed by atoms with Crippen LogP contribution >= 0.6 is 0 Å². The number of aryl methyl sites for hydroxylation is 2. The molecule has 26 heavy (non-hydrogen) atoms. The fourth-order valence-electron chi connectivity index (χ4n) is 3.40. The first kappa shape index (κ1) is 17.9. The van der Waals surface area contributed by atoms with Crippen molar-refractivity contribution in [1.82, 2.24) is 4.98 Å². The van der Waals surface area contributed by atoms with Crippen molar-refractivity contribution in [2.75, 3.05) is 18.0 Å². The van der Waals surface area contributed by atoms with Gasteiger partial charge in [0.2, 0.25) is 0 Å². The van der Waals surface area contributed by atoms with Crippen LogP contribution in [0.2, 0.25) is 0 Å². The standard InChI is InChI=1S/C22H24N2O2/c1-5-24(6-2)21-18(22(25)26)17-9-7-8-15(4)19(17)23-20(21)16-12-10-14(3)11-13-16/h7-13H,5-6H2,1-4H3,(H,25,26). The van der Waals surface area contributed by atoms with Crippen LogP contribution in [0, 0.1) is 13.8 Å². The average Bonchev–Trinajstić information content (AvgIpc) is 2.63. The molecule has 3 aromatic rings. The van der Waals surface area contributed by atoms with Crippen molar-refractivity contribution in [2.24, 2.45) is 0 Å². The molecule has 2 aromatic carbocycles. The smallest absolute Gasteiger partial charge is 0.338 e. The molecular formula is C22H24N2O2. The number of nitrogens with zero attached hydrogens (tertiary/aromatic N) is 2. The van der Waals surface area contributed by atoms with Gasteiger partial charge in [0.1, 0.15) is 0 Å². The van der Waals surface area contributed by atoms with Gasteiger partial charge in [-0.2, -0.15) is 0 Å². The number of aromatic nitrogens is 1. The van der Waals surface area contributed by atoms with Gasteiger partial charge in [-0.15, -0.1) is 0 Å². The summed E-state index contributed by atoms with van der Waals surface area (Å²) in [7, 11) is 0. The van der Waals surface area contributed by atoms with Gasteiger partial charge in [-0.1, -0.05) is 48.0 Å². The first-order valence-corrected chi connectivity index (χ1v) is 8.96. The van der Waals surface area contributed by atoms with Crippen LogP contribution in [0.4, 0.5) is 5.69 Å². The van der Waals surface area contributed by atoms with E-state index in [0.29, 0.717) is 29.7 Å². The molecule has 1 N–H and O–H groups in total. The summed E-state index contributed by atoms with van der Waals surface area (Å²) in [5, 5.41) is 10.7. The molecule has 3 rings (SSSR count). The Hall–Kier alpha value is -2.88. The predicted molar refractivity (Wildman–Crippen MR) is 107 cm³/mol. The molecule has 0 fully saturated rings. The highest BCUT2D eigenvalue weighted by Gasteiger charge is 2.24. The van der Waals surface area contributed by atoms with Crippen LogP contribution in [0.1, 0.15) is 35.3 Å². The van der Waals surface area contributed by atoms with Gasteiger partial charge in [-0.05, 0) is 33.3 Å². The molecule has 0 radical (unpaired) electrons. The Morgan fingerprint density at radius 3 is 2.27 bits per heavy atom. The summed E-state index contributed by atoms with van der Waals surface area (Å²) in [6, 6.07) is 13.8. The maximum absolute atomic E-state index is 12.3. The molecule has 1 aromatic heterocycles. The third kappa shape index (κ3) is 3.03. The molecule has 1 heterocycles. The lowest BCUT2D eigenvalue weighted by Crippen LogP contribution is -2.25. The average molecular weight is 348 g/mol. The van der Waals surface area contributed by atoms with E-state index in [1.165, 1.54) is 0 Å². The van der Waals surface area contributed by atoms with E-state index in [1.807, 2.05) is 70.2 Å². The van der Waals surface area contributed by atoms with E-state index in [4.69, 9.17) is 4.98 Å². The maximum atomic E-state index is 12.3. The van der Waals surface area contributed by atoms with E-state index in [1.54, 1.807) is 0 Å². The van der Waals surface area contributed by atoms with Gasteiger partial charge in [-0.3, -0.25) is 0 Å². The van der Waals surface area contributed by atoms with Crippen molar-refractivity contribution in [3.05, 3.63) is 59.2 Å². The minimum absolute atomic E-state index is 0.331. The molecule has 0 saturated carbocycles. The number of anilines is 1. The van der Waals surface area contributed by atoms with Crippen LogP contribution in [0.3, 0.4) is 0 Å². The van der Waals surface area contributed by atoms with Gasteiger partial charge in [-0.25, -0.2) is 9.78 Å². The lowest BCUT2D eigenvalue weighted by molar-refractivity contribution is 0.0699. The van der Waals surface area contributed by atoms with Gasteiger partial charge >= 0.3 is 5.97 Å². The fraction of sp³-hybridized carbons (Fsp3) is 0.273. The number of hydrogen-bond acceptors (Lipinski definition) is 3. The summed E-state index contributed by atoms with van der Waals surface area (Å²) in [6.45, 7) is 9.51. The number of aromatic carboxylic acids is 1. The molecule has 0 unspecified atom stereocenters. The zero-order chi connectivity index (χ0) is 18.8. The number of benzene rings is 2. The number of rotatable bonds is 5. The number of pyridine rings is 1. The van der Waals surface area contributed by atoms with E-state index in [-0.39, 0.29) is 0 Å². The van der Waals surface area contributed by atoms with Gasteiger partial charge < -0.3 is 10.0 Å². The Bertz CT molecular complexity index is 958. The third-order valence-corrected chi connectivity index (χ3v) is 4.81. The zero-order valence-corrected chi connectivity index (χ0v) is 15.7. The maximum Gasteiger partial charge on any atom is 0.338 e. The largest absolute Gasteiger partial charge is 0.478 e. The molecule has 0 atom stereocenters. The second-order valence-corrected chi connectivity index (χ2v) is 6.50. The summed E-state index contributed by atoms with van der Waals surface area (Å²) in [6.07, 6.45) is 0. The lowest BCUT2D eigenvalue weighted by Gasteiger charge is -2.27. The molecule has 134 valence electrons. The second-order valence-electron chi connectivity index (χ2n) is 6.50. The number of carboxylic acids is 1. The van der Waals surface area contributed by atoms with E-state index in [9.17, 15) is 9.90 Å². The number of carbonyl (C=O) groups is 1. The molecule has 0 aliphatic carbocycles. The normalized spacial score (nSPS) is 10.9. The monoisotopic (exact) mass is 348 g/mol. The Labute approximate surface area is 154 Å². The molecule has 4 heteroatoms. The third-order valence-electron chi connectivity index (χ3n) is 4.81. The van der Waals surface area contributed by atoms with E-state index < -0.39 is 5.97 Å². The van der Waals surface area contributed by atoms with Crippen LogP contribution in [0.5, 0.6) is 0 Å². The van der Waals surface area contributed by atoms with E-state index in [0.717, 1.165) is 27.9 Å². The Morgan fingerprint density at radius 1 is 1.04 bits per heavy atom. The number of para-hydroxylation sites is 1. The van der Waals surface area contributed by atoms with E-state index >= 15 is 0 Å². The van der Waals surface area contributed by atoms with E-state index in [2.05, 4.69) is 4.90 Å². The highest BCUT2D eigenvalue weighted by Crippen LogP contribution is 2.38. The summed E-state index contributed by atoms with van der Waals surface area (Å²) < 4.78 is 0. The Kier molecular flexibility index (Phi) is 4.94. The molecule has 0 amide bonds. The van der Waals surface area contributed by atoms with Crippen LogP contribution in [0.25, 0.3) is 22.2 Å². The quantitative estimate of drug-likeness (QED) is 0.700. The molecule has 0 bridgehead atoms. The summed E-state index contributed by atoms with van der Waals surface area (Å²) in [4.78, 5) is 19.3. The first-order valence-electron chi connectivity index (χ1n) is 8.96. The molecule has 0 saturated heterocycles. The summed E-state index contributed by atoms with van der Waals surface area (Å²) >= 11 is 0. The first-order chi connectivity index (χ1) is 12.5. The van der Waals surface area contributed by atoms with Crippen molar-refractivity contribution >= 4 is 22.6 Å². The van der Waals surface area contributed by atoms with Crippen LogP contribution in [0.15, 0.2) is 42.5 Å². The molecule has 0 spiro atoms.